The summed E-state index contributed by atoms with van der Waals surface area (Å²) in [5.74, 6) is -0.173. The van der Waals surface area contributed by atoms with Gasteiger partial charge >= 0.3 is 0 Å². The zero-order valence-electron chi connectivity index (χ0n) is 15.7. The SMILES string of the molecule is Cc1cc(=O)c(C(=O)N(C(C)C)C2CCN(Cc3ccccc3)C2)c[nH]1. The van der Waals surface area contributed by atoms with Crippen LogP contribution in [0.2, 0.25) is 0 Å². The Morgan fingerprint density at radius 1 is 1.31 bits per heavy atom. The van der Waals surface area contributed by atoms with Gasteiger partial charge in [0.25, 0.3) is 5.91 Å². The van der Waals surface area contributed by atoms with Gasteiger partial charge in [0.2, 0.25) is 0 Å². The first-order chi connectivity index (χ1) is 12.5. The van der Waals surface area contributed by atoms with E-state index in [9.17, 15) is 9.59 Å². The van der Waals surface area contributed by atoms with Crippen LogP contribution in [0.1, 0.15) is 41.9 Å². The molecule has 1 atom stereocenters. The number of hydrogen-bond acceptors (Lipinski definition) is 3. The van der Waals surface area contributed by atoms with Crippen molar-refractivity contribution >= 4 is 5.91 Å². The molecule has 0 aliphatic carbocycles. The van der Waals surface area contributed by atoms with Crippen LogP contribution >= 0.6 is 0 Å². The molecular formula is C21H27N3O2. The summed E-state index contributed by atoms with van der Waals surface area (Å²) in [6, 6.07) is 12.1. The molecule has 1 aromatic carbocycles. The molecule has 1 N–H and O–H groups in total. The third-order valence-electron chi connectivity index (χ3n) is 4.97. The number of aromatic amines is 1. The minimum Gasteiger partial charge on any atom is -0.364 e. The van der Waals surface area contributed by atoms with Gasteiger partial charge in [-0.3, -0.25) is 14.5 Å². The van der Waals surface area contributed by atoms with Gasteiger partial charge in [0, 0.05) is 49.7 Å². The average Bonchev–Trinajstić information content (AvgIpc) is 3.03. The van der Waals surface area contributed by atoms with Crippen molar-refractivity contribution in [2.24, 2.45) is 0 Å². The fourth-order valence-electron chi connectivity index (χ4n) is 3.73. The van der Waals surface area contributed by atoms with Crippen LogP contribution in [0.5, 0.6) is 0 Å². The van der Waals surface area contributed by atoms with E-state index in [0.717, 1.165) is 31.7 Å². The summed E-state index contributed by atoms with van der Waals surface area (Å²) < 4.78 is 0. The Kier molecular flexibility index (Phi) is 5.57. The van der Waals surface area contributed by atoms with Crippen molar-refractivity contribution in [2.75, 3.05) is 13.1 Å². The molecule has 5 heteroatoms. The molecule has 3 rings (SSSR count). The number of pyridine rings is 1. The molecule has 0 saturated carbocycles. The molecule has 1 saturated heterocycles. The highest BCUT2D eigenvalue weighted by atomic mass is 16.2. The number of H-pyrrole nitrogens is 1. The lowest BCUT2D eigenvalue weighted by Crippen LogP contribution is -2.47. The molecule has 26 heavy (non-hydrogen) atoms. The quantitative estimate of drug-likeness (QED) is 0.899. The van der Waals surface area contributed by atoms with Crippen molar-refractivity contribution in [2.45, 2.75) is 45.8 Å². The van der Waals surface area contributed by atoms with Crippen molar-refractivity contribution in [1.29, 1.82) is 0 Å². The lowest BCUT2D eigenvalue weighted by molar-refractivity contribution is 0.0612. The number of hydrogen-bond donors (Lipinski definition) is 1. The predicted octanol–water partition coefficient (Wildman–Crippen LogP) is 2.81. The number of benzene rings is 1. The van der Waals surface area contributed by atoms with Crippen LogP contribution in [0, 0.1) is 6.92 Å². The highest BCUT2D eigenvalue weighted by Gasteiger charge is 2.33. The highest BCUT2D eigenvalue weighted by Crippen LogP contribution is 2.21. The number of amides is 1. The zero-order valence-corrected chi connectivity index (χ0v) is 15.7. The Morgan fingerprint density at radius 2 is 2.04 bits per heavy atom. The van der Waals surface area contributed by atoms with E-state index in [1.807, 2.05) is 31.7 Å². The Morgan fingerprint density at radius 3 is 2.69 bits per heavy atom. The minimum absolute atomic E-state index is 0.0462. The normalized spacial score (nSPS) is 17.6. The van der Waals surface area contributed by atoms with Gasteiger partial charge in [-0.25, -0.2) is 0 Å². The predicted molar refractivity (Wildman–Crippen MR) is 103 cm³/mol. The van der Waals surface area contributed by atoms with E-state index in [1.54, 1.807) is 6.20 Å². The second-order valence-corrected chi connectivity index (χ2v) is 7.36. The van der Waals surface area contributed by atoms with Gasteiger partial charge in [-0.2, -0.15) is 0 Å². The molecule has 0 bridgehead atoms. The van der Waals surface area contributed by atoms with Gasteiger partial charge < -0.3 is 9.88 Å². The fraction of sp³-hybridized carbons (Fsp3) is 0.429. The number of aromatic nitrogens is 1. The summed E-state index contributed by atoms with van der Waals surface area (Å²) in [6.45, 7) is 8.53. The second kappa shape index (κ2) is 7.87. The molecular weight excluding hydrogens is 326 g/mol. The van der Waals surface area contributed by atoms with Crippen molar-refractivity contribution in [1.82, 2.24) is 14.8 Å². The Bertz CT molecular complexity index is 814. The van der Waals surface area contributed by atoms with Gasteiger partial charge in [-0.1, -0.05) is 30.3 Å². The second-order valence-electron chi connectivity index (χ2n) is 7.36. The lowest BCUT2D eigenvalue weighted by Gasteiger charge is -2.33. The maximum atomic E-state index is 13.1. The largest absolute Gasteiger partial charge is 0.364 e. The summed E-state index contributed by atoms with van der Waals surface area (Å²) in [7, 11) is 0. The van der Waals surface area contributed by atoms with Crippen molar-refractivity contribution in [3.63, 3.8) is 0 Å². The van der Waals surface area contributed by atoms with Crippen LogP contribution in [0.15, 0.2) is 47.4 Å². The molecule has 2 aromatic rings. The van der Waals surface area contributed by atoms with Gasteiger partial charge in [-0.05, 0) is 32.8 Å². The minimum atomic E-state index is -0.212. The molecule has 0 radical (unpaired) electrons. The summed E-state index contributed by atoms with van der Waals surface area (Å²) in [5.41, 5.74) is 2.06. The monoisotopic (exact) mass is 353 g/mol. The Labute approximate surface area is 154 Å². The molecule has 1 aliphatic heterocycles. The molecule has 1 amide bonds. The third-order valence-corrected chi connectivity index (χ3v) is 4.97. The molecule has 1 aromatic heterocycles. The first-order valence-electron chi connectivity index (χ1n) is 9.24. The Hall–Kier alpha value is -2.40. The van der Waals surface area contributed by atoms with E-state index in [2.05, 4.69) is 34.1 Å². The van der Waals surface area contributed by atoms with E-state index in [0.29, 0.717) is 0 Å². The standard InChI is InChI=1S/C21H27N3O2/c1-15(2)24(21(26)19-12-22-16(3)11-20(19)25)18-9-10-23(14-18)13-17-7-5-4-6-8-17/h4-8,11-12,15,18H,9-10,13-14H2,1-3H3,(H,22,25). The first-order valence-corrected chi connectivity index (χ1v) is 9.24. The highest BCUT2D eigenvalue weighted by molar-refractivity contribution is 5.94. The van der Waals surface area contributed by atoms with E-state index < -0.39 is 0 Å². The van der Waals surface area contributed by atoms with E-state index in [1.165, 1.54) is 11.6 Å². The molecule has 1 fully saturated rings. The van der Waals surface area contributed by atoms with Crippen LogP contribution < -0.4 is 5.43 Å². The van der Waals surface area contributed by atoms with Gasteiger partial charge in [0.15, 0.2) is 5.43 Å². The smallest absolute Gasteiger partial charge is 0.259 e. The maximum Gasteiger partial charge on any atom is 0.259 e. The third kappa shape index (κ3) is 4.05. The summed E-state index contributed by atoms with van der Waals surface area (Å²) in [4.78, 5) is 32.6. The van der Waals surface area contributed by atoms with Crippen LogP contribution in [0.4, 0.5) is 0 Å². The van der Waals surface area contributed by atoms with E-state index >= 15 is 0 Å². The molecule has 1 unspecified atom stereocenters. The van der Waals surface area contributed by atoms with Crippen molar-refractivity contribution in [3.05, 3.63) is 69.6 Å². The maximum absolute atomic E-state index is 13.1. The van der Waals surface area contributed by atoms with E-state index in [-0.39, 0.29) is 29.0 Å². The topological polar surface area (TPSA) is 56.4 Å². The van der Waals surface area contributed by atoms with Crippen molar-refractivity contribution in [3.8, 4) is 0 Å². The average molecular weight is 353 g/mol. The number of nitrogens with zero attached hydrogens (tertiary/aromatic N) is 2. The zero-order chi connectivity index (χ0) is 18.7. The molecule has 5 nitrogen and oxygen atoms in total. The lowest BCUT2D eigenvalue weighted by atomic mass is 10.1. The van der Waals surface area contributed by atoms with Gasteiger partial charge in [-0.15, -0.1) is 0 Å². The number of aryl methyl sites for hydroxylation is 1. The van der Waals surface area contributed by atoms with Gasteiger partial charge in [0.05, 0.1) is 0 Å². The van der Waals surface area contributed by atoms with Gasteiger partial charge in [0.1, 0.15) is 5.56 Å². The fourth-order valence-corrected chi connectivity index (χ4v) is 3.73. The molecule has 2 heterocycles. The number of rotatable bonds is 5. The van der Waals surface area contributed by atoms with Crippen molar-refractivity contribution < 1.29 is 4.79 Å². The van der Waals surface area contributed by atoms with Crippen LogP contribution in [0.25, 0.3) is 0 Å². The van der Waals surface area contributed by atoms with Crippen LogP contribution in [0.3, 0.4) is 0 Å². The number of carbonyl (C=O) groups excluding carboxylic acids is 1. The number of likely N-dealkylation sites (tertiary alicyclic amines) is 1. The molecule has 138 valence electrons. The number of nitrogens with one attached hydrogen (secondary N) is 1. The summed E-state index contributed by atoms with van der Waals surface area (Å²) in [5, 5.41) is 0. The molecule has 0 spiro atoms. The Balaban J connectivity index is 1.74. The first kappa shape index (κ1) is 18.4. The number of carbonyl (C=O) groups is 1. The molecule has 1 aliphatic rings. The summed E-state index contributed by atoms with van der Waals surface area (Å²) in [6.07, 6.45) is 2.48. The summed E-state index contributed by atoms with van der Waals surface area (Å²) >= 11 is 0. The van der Waals surface area contributed by atoms with E-state index in [4.69, 9.17) is 0 Å². The van der Waals surface area contributed by atoms with Crippen LogP contribution in [-0.2, 0) is 6.54 Å². The van der Waals surface area contributed by atoms with Crippen LogP contribution in [-0.4, -0.2) is 45.9 Å².